The van der Waals surface area contributed by atoms with Gasteiger partial charge in [-0.25, -0.2) is 10.2 Å². The lowest BCUT2D eigenvalue weighted by molar-refractivity contribution is -0.153. The van der Waals surface area contributed by atoms with E-state index >= 15 is 0 Å². The van der Waals surface area contributed by atoms with Gasteiger partial charge in [-0.2, -0.15) is 0 Å². The zero-order valence-electron chi connectivity index (χ0n) is 31.5. The summed E-state index contributed by atoms with van der Waals surface area (Å²) in [4.78, 5) is 69.9. The molecule has 0 spiro atoms. The lowest BCUT2D eigenvalue weighted by Crippen LogP contribution is -2.62. The van der Waals surface area contributed by atoms with Crippen LogP contribution in [-0.4, -0.2) is 112 Å². The molecule has 0 aliphatic carbocycles. The Morgan fingerprint density at radius 1 is 0.964 bits per heavy atom. The molecule has 3 atom stereocenters. The molecule has 3 aromatic rings. The minimum Gasteiger partial charge on any atom is -0.508 e. The minimum absolute atomic E-state index is 0.00558. The quantitative estimate of drug-likeness (QED) is 0.251. The number of carbonyl (C=O) groups is 5. The van der Waals surface area contributed by atoms with Crippen LogP contribution in [0.5, 0.6) is 5.75 Å². The molecule has 5 amide bonds. The second kappa shape index (κ2) is 16.3. The Hall–Kier alpha value is -5.21. The van der Waals surface area contributed by atoms with E-state index < -0.39 is 47.8 Å². The Bertz CT molecular complexity index is 1990. The van der Waals surface area contributed by atoms with Crippen molar-refractivity contribution in [2.45, 2.75) is 83.0 Å². The van der Waals surface area contributed by atoms with Gasteiger partial charge in [0.2, 0.25) is 5.91 Å². The van der Waals surface area contributed by atoms with Crippen molar-refractivity contribution in [2.75, 3.05) is 39.5 Å². The first-order chi connectivity index (χ1) is 26.5. The number of esters is 1. The fourth-order valence-corrected chi connectivity index (χ4v) is 8.41. The van der Waals surface area contributed by atoms with Crippen LogP contribution in [0.1, 0.15) is 63.0 Å². The van der Waals surface area contributed by atoms with E-state index in [4.69, 9.17) is 9.47 Å². The minimum atomic E-state index is -1.14. The lowest BCUT2D eigenvalue weighted by Gasteiger charge is -2.36. The number of rotatable bonds is 6. The van der Waals surface area contributed by atoms with Crippen molar-refractivity contribution in [3.8, 4) is 16.9 Å². The molecule has 3 saturated heterocycles. The summed E-state index contributed by atoms with van der Waals surface area (Å²) in [5, 5.41) is 16.5. The number of phenols is 1. The van der Waals surface area contributed by atoms with Crippen molar-refractivity contribution in [3.05, 3.63) is 66.4 Å². The molecule has 4 aliphatic heterocycles. The number of nitrogens with zero attached hydrogens (tertiary/aromatic N) is 4. The summed E-state index contributed by atoms with van der Waals surface area (Å²) in [6.07, 6.45) is 6.75. The number of nitrogens with one attached hydrogen (secondary N) is 2. The standard InChI is InChI=1S/C41H50N6O8/c1-4-36(49)45-14-15-46(41(45)53)37(25(2)3)38(50)42-34-21-26-19-29(22-30(48)20-26)28-8-9-31-32(27-10-17-54-18-11-27)24-44(35(31)23-28)12-6-16-55-40(52)33-7-5-13-47(43-33)39(34)51/h4,8-9,19-20,22-25,27,33-34,37,43,48H,1,5-7,10-18,21H2,2-3H3,(H,42,50)/t33-,34-,37-/m0/s1. The van der Waals surface area contributed by atoms with Crippen LogP contribution in [0.25, 0.3) is 22.0 Å². The maximum absolute atomic E-state index is 14.4. The van der Waals surface area contributed by atoms with Crippen molar-refractivity contribution >= 4 is 40.6 Å². The number of benzene rings is 2. The highest BCUT2D eigenvalue weighted by atomic mass is 16.5. The first-order valence-corrected chi connectivity index (χ1v) is 19.3. The molecule has 292 valence electrons. The lowest BCUT2D eigenvalue weighted by atomic mass is 9.91. The number of aromatic nitrogens is 1. The third kappa shape index (κ3) is 7.97. The Morgan fingerprint density at radius 3 is 2.53 bits per heavy atom. The van der Waals surface area contributed by atoms with Crippen molar-refractivity contribution < 1.29 is 38.6 Å². The highest BCUT2D eigenvalue weighted by Crippen LogP contribution is 2.37. The van der Waals surface area contributed by atoms with Gasteiger partial charge in [-0.3, -0.25) is 29.1 Å². The fraction of sp³-hybridized carbons (Fsp3) is 0.488. The number of hydrogen-bond donors (Lipinski definition) is 3. The Morgan fingerprint density at radius 2 is 1.76 bits per heavy atom. The summed E-state index contributed by atoms with van der Waals surface area (Å²) >= 11 is 0. The van der Waals surface area contributed by atoms with Gasteiger partial charge in [0.1, 0.15) is 23.9 Å². The van der Waals surface area contributed by atoms with Crippen LogP contribution in [0.3, 0.4) is 0 Å². The van der Waals surface area contributed by atoms with E-state index in [1.807, 2.05) is 12.1 Å². The van der Waals surface area contributed by atoms with Crippen molar-refractivity contribution in [1.82, 2.24) is 30.1 Å². The molecule has 3 fully saturated rings. The third-order valence-electron chi connectivity index (χ3n) is 11.2. The number of aryl methyl sites for hydroxylation is 1. The zero-order valence-corrected chi connectivity index (χ0v) is 31.5. The monoisotopic (exact) mass is 754 g/mol. The molecule has 14 heteroatoms. The number of aromatic hydroxyl groups is 1. The molecule has 0 radical (unpaired) electrons. The van der Waals surface area contributed by atoms with Crippen LogP contribution in [0, 0.1) is 5.92 Å². The summed E-state index contributed by atoms with van der Waals surface area (Å²) in [5.41, 5.74) is 7.57. The highest BCUT2D eigenvalue weighted by molar-refractivity contribution is 6.02. The summed E-state index contributed by atoms with van der Waals surface area (Å²) in [5.74, 6) is -2.03. The summed E-state index contributed by atoms with van der Waals surface area (Å²) in [7, 11) is 0. The van der Waals surface area contributed by atoms with Gasteiger partial charge >= 0.3 is 12.0 Å². The number of urea groups is 1. The van der Waals surface area contributed by atoms with Gasteiger partial charge in [-0.1, -0.05) is 38.6 Å². The number of carbonyl (C=O) groups excluding carboxylic acids is 5. The average molecular weight is 755 g/mol. The number of cyclic esters (lactones) is 1. The van der Waals surface area contributed by atoms with Gasteiger partial charge in [0.05, 0.1) is 6.61 Å². The van der Waals surface area contributed by atoms with Gasteiger partial charge in [0.15, 0.2) is 0 Å². The average Bonchev–Trinajstić information content (AvgIpc) is 3.74. The molecule has 2 aromatic carbocycles. The molecular formula is C41H50N6O8. The van der Waals surface area contributed by atoms with Crippen LogP contribution in [0.2, 0.25) is 0 Å². The number of ether oxygens (including phenoxy) is 2. The van der Waals surface area contributed by atoms with Gasteiger partial charge < -0.3 is 29.4 Å². The summed E-state index contributed by atoms with van der Waals surface area (Å²) in [6, 6.07) is 7.96. The van der Waals surface area contributed by atoms with Crippen molar-refractivity contribution in [2.24, 2.45) is 5.92 Å². The smallest absolute Gasteiger partial charge is 0.327 e. The third-order valence-corrected chi connectivity index (χ3v) is 11.2. The number of amides is 5. The Kier molecular flexibility index (Phi) is 11.3. The molecule has 0 saturated carbocycles. The van der Waals surface area contributed by atoms with Crippen LogP contribution < -0.4 is 10.7 Å². The highest BCUT2D eigenvalue weighted by Gasteiger charge is 2.42. The topological polar surface area (TPSA) is 163 Å². The van der Waals surface area contributed by atoms with E-state index in [1.165, 1.54) is 15.5 Å². The molecule has 14 nitrogen and oxygen atoms in total. The Labute approximate surface area is 320 Å². The molecule has 6 bridgehead atoms. The van der Waals surface area contributed by atoms with Gasteiger partial charge in [0.25, 0.3) is 11.8 Å². The van der Waals surface area contributed by atoms with Gasteiger partial charge in [-0.15, -0.1) is 0 Å². The van der Waals surface area contributed by atoms with E-state index in [0.717, 1.165) is 59.1 Å². The van der Waals surface area contributed by atoms with Crippen molar-refractivity contribution in [1.29, 1.82) is 0 Å². The second-order valence-corrected chi connectivity index (χ2v) is 15.2. The van der Waals surface area contributed by atoms with Crippen LogP contribution >= 0.6 is 0 Å². The summed E-state index contributed by atoms with van der Waals surface area (Å²) < 4.78 is 13.6. The first-order valence-electron chi connectivity index (χ1n) is 19.3. The van der Waals surface area contributed by atoms with E-state index in [9.17, 15) is 29.1 Å². The predicted molar refractivity (Wildman–Crippen MR) is 204 cm³/mol. The van der Waals surface area contributed by atoms with E-state index in [0.29, 0.717) is 43.8 Å². The maximum atomic E-state index is 14.4. The maximum Gasteiger partial charge on any atom is 0.327 e. The normalized spacial score (nSPS) is 22.1. The van der Waals surface area contributed by atoms with Crippen molar-refractivity contribution in [3.63, 3.8) is 0 Å². The molecule has 5 heterocycles. The first kappa shape index (κ1) is 38.1. The van der Waals surface area contributed by atoms with Gasteiger partial charge in [-0.05, 0) is 90.5 Å². The van der Waals surface area contributed by atoms with Gasteiger partial charge in [0, 0.05) is 62.9 Å². The molecule has 3 N–H and O–H groups in total. The van der Waals surface area contributed by atoms with E-state index in [2.05, 4.69) is 40.2 Å². The van der Waals surface area contributed by atoms with Crippen LogP contribution in [0.15, 0.2) is 55.3 Å². The predicted octanol–water partition coefficient (Wildman–Crippen LogP) is 3.85. The molecule has 4 aliphatic rings. The number of hydrogen-bond acceptors (Lipinski definition) is 9. The molecule has 55 heavy (non-hydrogen) atoms. The van der Waals surface area contributed by atoms with E-state index in [1.54, 1.807) is 26.0 Å². The number of hydrazine groups is 1. The van der Waals surface area contributed by atoms with Crippen LogP contribution in [0.4, 0.5) is 4.79 Å². The molecule has 0 unspecified atom stereocenters. The number of imide groups is 1. The molecule has 7 rings (SSSR count). The Balaban J connectivity index is 1.25. The number of fused-ring (bicyclic) bond motifs is 6. The van der Waals surface area contributed by atoms with E-state index in [-0.39, 0.29) is 37.8 Å². The summed E-state index contributed by atoms with van der Waals surface area (Å²) in [6.45, 7) is 9.89. The molecule has 1 aromatic heterocycles. The molecular weight excluding hydrogens is 704 g/mol. The fourth-order valence-electron chi connectivity index (χ4n) is 8.41. The second-order valence-electron chi connectivity index (χ2n) is 15.2. The largest absolute Gasteiger partial charge is 0.508 e. The van der Waals surface area contributed by atoms with Crippen LogP contribution in [-0.2, 0) is 41.6 Å². The number of phenolic OH excluding ortho intramolecular Hbond substituents is 1. The zero-order chi connectivity index (χ0) is 38.8. The SMILES string of the molecule is C=CC(=O)N1CCN([C@H](C(=O)N[C@H]2Cc3cc(O)cc(c3)-c3ccc4c(C5CCOCC5)cn(c4c3)CCCOC(=O)[C@@H]3CCCN(N3)C2=O)C(C)C)C1=O.